The molecule has 0 fully saturated rings. The quantitative estimate of drug-likeness (QED) is 0.406. The first-order valence-corrected chi connectivity index (χ1v) is 6.95. The molecule has 1 N–H and O–H groups in total. The summed E-state index contributed by atoms with van der Waals surface area (Å²) in [6, 6.07) is 5.71. The van der Waals surface area contributed by atoms with Crippen LogP contribution in [0.5, 0.6) is 0 Å². The largest absolute Gasteiger partial charge is 0.301 e. The van der Waals surface area contributed by atoms with Crippen LogP contribution in [0.2, 0.25) is 5.02 Å². The van der Waals surface area contributed by atoms with Crippen molar-refractivity contribution in [2.75, 3.05) is 0 Å². The van der Waals surface area contributed by atoms with E-state index in [1.165, 1.54) is 30.0 Å². The first-order valence-electron chi connectivity index (χ1n) is 5.59. The van der Waals surface area contributed by atoms with Gasteiger partial charge in [-0.1, -0.05) is 23.4 Å². The fourth-order valence-electron chi connectivity index (χ4n) is 1.53. The van der Waals surface area contributed by atoms with Crippen LogP contribution in [0.3, 0.4) is 0 Å². The van der Waals surface area contributed by atoms with E-state index in [-0.39, 0.29) is 11.2 Å². The van der Waals surface area contributed by atoms with E-state index in [2.05, 4.69) is 9.97 Å². The minimum atomic E-state index is -0.498. The molecule has 0 amide bonds. The molecule has 0 aliphatic rings. The molecule has 0 spiro atoms. The first-order chi connectivity index (χ1) is 9.45. The summed E-state index contributed by atoms with van der Waals surface area (Å²) in [7, 11) is 0. The van der Waals surface area contributed by atoms with Gasteiger partial charge in [0.05, 0.1) is 9.95 Å². The van der Waals surface area contributed by atoms with E-state index in [1.54, 1.807) is 13.0 Å². The molecule has 0 aliphatic heterocycles. The number of nitrogens with zero attached hydrogens (tertiary/aromatic N) is 2. The molecule has 0 aliphatic carbocycles. The highest BCUT2D eigenvalue weighted by molar-refractivity contribution is 7.98. The second kappa shape index (κ2) is 6.06. The van der Waals surface area contributed by atoms with E-state index in [0.717, 1.165) is 5.56 Å². The lowest BCUT2D eigenvalue weighted by Crippen LogP contribution is -2.08. The second-order valence-corrected chi connectivity index (χ2v) is 5.38. The number of hydrogen-bond acceptors (Lipinski definition) is 5. The molecule has 0 saturated heterocycles. The summed E-state index contributed by atoms with van der Waals surface area (Å²) in [5.41, 5.74) is 1.11. The van der Waals surface area contributed by atoms with Gasteiger partial charge in [-0.3, -0.25) is 14.9 Å². The van der Waals surface area contributed by atoms with Crippen molar-refractivity contribution in [2.24, 2.45) is 0 Å². The number of nitro benzene ring substituents is 1. The predicted octanol–water partition coefficient (Wildman–Crippen LogP) is 2.93. The van der Waals surface area contributed by atoms with E-state index in [1.807, 2.05) is 0 Å². The highest BCUT2D eigenvalue weighted by Gasteiger charge is 2.10. The van der Waals surface area contributed by atoms with Crippen molar-refractivity contribution in [3.05, 3.63) is 61.0 Å². The Morgan fingerprint density at radius 3 is 2.80 bits per heavy atom. The molecule has 104 valence electrons. The third-order valence-electron chi connectivity index (χ3n) is 2.46. The van der Waals surface area contributed by atoms with Gasteiger partial charge in [0.25, 0.3) is 11.2 Å². The zero-order chi connectivity index (χ0) is 14.7. The number of nitro groups is 1. The number of aromatic nitrogens is 2. The van der Waals surface area contributed by atoms with Crippen molar-refractivity contribution in [1.82, 2.24) is 9.97 Å². The molecule has 2 rings (SSSR count). The van der Waals surface area contributed by atoms with Crippen LogP contribution < -0.4 is 5.56 Å². The average Bonchev–Trinajstić information content (AvgIpc) is 2.36. The molecule has 1 aromatic carbocycles. The van der Waals surface area contributed by atoms with Crippen molar-refractivity contribution in [3.8, 4) is 0 Å². The molecule has 1 heterocycles. The van der Waals surface area contributed by atoms with E-state index < -0.39 is 4.92 Å². The lowest BCUT2D eigenvalue weighted by Gasteiger charge is -2.04. The normalized spacial score (nSPS) is 10.5. The van der Waals surface area contributed by atoms with Gasteiger partial charge < -0.3 is 4.98 Å². The SMILES string of the molecule is Cc1cc(=O)[nH]c(SCc2ccc([N+](=O)[O-])cc2Cl)n1. The van der Waals surface area contributed by atoms with Gasteiger partial charge >= 0.3 is 0 Å². The fraction of sp³-hybridized carbons (Fsp3) is 0.167. The highest BCUT2D eigenvalue weighted by Crippen LogP contribution is 2.27. The van der Waals surface area contributed by atoms with Crippen LogP contribution in [0.25, 0.3) is 0 Å². The van der Waals surface area contributed by atoms with Crippen molar-refractivity contribution >= 4 is 29.1 Å². The Balaban J connectivity index is 2.14. The number of nitrogens with one attached hydrogen (secondary N) is 1. The maximum absolute atomic E-state index is 11.3. The summed E-state index contributed by atoms with van der Waals surface area (Å²) in [5, 5.41) is 11.4. The average molecular weight is 312 g/mol. The van der Waals surface area contributed by atoms with Crippen molar-refractivity contribution in [1.29, 1.82) is 0 Å². The van der Waals surface area contributed by atoms with E-state index in [0.29, 0.717) is 21.6 Å². The number of non-ortho nitro benzene ring substituents is 1. The Morgan fingerprint density at radius 2 is 2.20 bits per heavy atom. The van der Waals surface area contributed by atoms with Gasteiger partial charge in [-0.05, 0) is 18.6 Å². The predicted molar refractivity (Wildman–Crippen MR) is 77.3 cm³/mol. The van der Waals surface area contributed by atoms with E-state index in [4.69, 9.17) is 11.6 Å². The molecule has 0 unspecified atom stereocenters. The van der Waals surface area contributed by atoms with Crippen LogP contribution in [0, 0.1) is 17.0 Å². The van der Waals surface area contributed by atoms with Crippen LogP contribution in [0.15, 0.2) is 34.2 Å². The minimum Gasteiger partial charge on any atom is -0.301 e. The number of thioether (sulfide) groups is 1. The molecule has 0 saturated carbocycles. The van der Waals surface area contributed by atoms with Gasteiger partial charge in [-0.15, -0.1) is 0 Å². The highest BCUT2D eigenvalue weighted by atomic mass is 35.5. The van der Waals surface area contributed by atoms with Crippen LogP contribution in [0.4, 0.5) is 5.69 Å². The molecular formula is C12H10ClN3O3S. The standard InChI is InChI=1S/C12H10ClN3O3S/c1-7-4-11(17)15-12(14-7)20-6-8-2-3-9(16(18)19)5-10(8)13/h2-5H,6H2,1H3,(H,14,15,17). The molecule has 0 radical (unpaired) electrons. The summed E-state index contributed by atoms with van der Waals surface area (Å²) in [4.78, 5) is 28.2. The monoisotopic (exact) mass is 311 g/mol. The summed E-state index contributed by atoms with van der Waals surface area (Å²) >= 11 is 7.30. The molecule has 6 nitrogen and oxygen atoms in total. The Hall–Kier alpha value is -1.86. The number of halogens is 1. The number of benzene rings is 1. The zero-order valence-electron chi connectivity index (χ0n) is 10.4. The van der Waals surface area contributed by atoms with Crippen LogP contribution in [-0.2, 0) is 5.75 Å². The summed E-state index contributed by atoms with van der Waals surface area (Å²) < 4.78 is 0. The van der Waals surface area contributed by atoms with E-state index >= 15 is 0 Å². The smallest absolute Gasteiger partial charge is 0.270 e. The first kappa shape index (κ1) is 14.5. The number of rotatable bonds is 4. The molecule has 0 bridgehead atoms. The van der Waals surface area contributed by atoms with Crippen molar-refractivity contribution in [3.63, 3.8) is 0 Å². The number of hydrogen-bond donors (Lipinski definition) is 1. The summed E-state index contributed by atoms with van der Waals surface area (Å²) in [5.74, 6) is 0.462. The van der Waals surface area contributed by atoms with E-state index in [9.17, 15) is 14.9 Å². The van der Waals surface area contributed by atoms with Gasteiger partial charge in [-0.25, -0.2) is 4.98 Å². The van der Waals surface area contributed by atoms with Gasteiger partial charge in [-0.2, -0.15) is 0 Å². The summed E-state index contributed by atoms with van der Waals surface area (Å²) in [6.07, 6.45) is 0. The van der Waals surface area contributed by atoms with Crippen LogP contribution in [-0.4, -0.2) is 14.9 Å². The topological polar surface area (TPSA) is 88.9 Å². The maximum Gasteiger partial charge on any atom is 0.270 e. The Labute approximate surface area is 123 Å². The van der Waals surface area contributed by atoms with Crippen LogP contribution in [0.1, 0.15) is 11.3 Å². The maximum atomic E-state index is 11.3. The van der Waals surface area contributed by atoms with Crippen molar-refractivity contribution < 1.29 is 4.92 Å². The number of aryl methyl sites for hydroxylation is 1. The Bertz CT molecular complexity index is 717. The lowest BCUT2D eigenvalue weighted by atomic mass is 10.2. The third-order valence-corrected chi connectivity index (χ3v) is 3.73. The molecule has 20 heavy (non-hydrogen) atoms. The van der Waals surface area contributed by atoms with Gasteiger partial charge in [0.2, 0.25) is 0 Å². The molecule has 1 aromatic heterocycles. The number of aromatic amines is 1. The summed E-state index contributed by atoms with van der Waals surface area (Å²) in [6.45, 7) is 1.73. The van der Waals surface area contributed by atoms with Gasteiger partial charge in [0.1, 0.15) is 0 Å². The minimum absolute atomic E-state index is 0.0502. The zero-order valence-corrected chi connectivity index (χ0v) is 12.0. The van der Waals surface area contributed by atoms with Crippen LogP contribution >= 0.6 is 23.4 Å². The molecule has 8 heteroatoms. The third kappa shape index (κ3) is 3.58. The molecule has 2 aromatic rings. The van der Waals surface area contributed by atoms with Gasteiger partial charge in [0.15, 0.2) is 5.16 Å². The number of H-pyrrole nitrogens is 1. The molecule has 0 atom stereocenters. The Morgan fingerprint density at radius 1 is 1.45 bits per heavy atom. The fourth-order valence-corrected chi connectivity index (χ4v) is 2.78. The van der Waals surface area contributed by atoms with Crippen molar-refractivity contribution in [2.45, 2.75) is 17.8 Å². The Kier molecular flexibility index (Phi) is 4.41. The lowest BCUT2D eigenvalue weighted by molar-refractivity contribution is -0.384. The van der Waals surface area contributed by atoms with Gasteiger partial charge in [0, 0.05) is 29.6 Å². The molecular weight excluding hydrogens is 302 g/mol. The second-order valence-electron chi connectivity index (χ2n) is 4.01.